The van der Waals surface area contributed by atoms with Crippen molar-refractivity contribution < 1.29 is 14.7 Å². The number of aromatic carboxylic acids is 1. The quantitative estimate of drug-likeness (QED) is 0.434. The number of hydrogen-bond donors (Lipinski definition) is 2. The minimum atomic E-state index is -1.00. The van der Waals surface area contributed by atoms with Crippen LogP contribution in [0.1, 0.15) is 50.4 Å². The van der Waals surface area contributed by atoms with Gasteiger partial charge in [0.2, 0.25) is 0 Å². The van der Waals surface area contributed by atoms with Crippen molar-refractivity contribution in [1.82, 2.24) is 5.32 Å². The molecule has 2 aromatic carbocycles. The average Bonchev–Trinajstić information content (AvgIpc) is 2.96. The Morgan fingerprint density at radius 1 is 1.00 bits per heavy atom. The lowest BCUT2D eigenvalue weighted by Crippen LogP contribution is -2.27. The Kier molecular flexibility index (Phi) is 6.85. The van der Waals surface area contributed by atoms with E-state index in [9.17, 15) is 9.59 Å². The van der Waals surface area contributed by atoms with Crippen LogP contribution in [-0.4, -0.2) is 17.0 Å². The number of hydrogen-bond acceptors (Lipinski definition) is 3. The summed E-state index contributed by atoms with van der Waals surface area (Å²) in [6, 6.07) is 13.3. The zero-order valence-electron chi connectivity index (χ0n) is 15.2. The standard InChI is InChI=1S/C21H16Cl3NO3S/c1-11(13-4-6-14(7-5-13)21(27)28)25-20(26)17-16(18(23)29-19(17)24)10-12-2-8-15(22)9-3-12/h2-9,11H,10H2,1H3,(H,25,26)(H,27,28)/t11-/m0/s1. The monoisotopic (exact) mass is 467 g/mol. The van der Waals surface area contributed by atoms with Crippen LogP contribution in [-0.2, 0) is 6.42 Å². The number of carboxylic acid groups (broad SMARTS) is 1. The van der Waals surface area contributed by atoms with Gasteiger partial charge in [-0.15, -0.1) is 11.3 Å². The smallest absolute Gasteiger partial charge is 0.335 e. The second-order valence-corrected chi connectivity index (χ2v) is 9.09. The number of thiophene rings is 1. The Hall–Kier alpha value is -2.05. The zero-order chi connectivity index (χ0) is 21.1. The van der Waals surface area contributed by atoms with E-state index >= 15 is 0 Å². The van der Waals surface area contributed by atoms with Gasteiger partial charge in [0.1, 0.15) is 4.34 Å². The van der Waals surface area contributed by atoms with E-state index in [1.807, 2.05) is 19.1 Å². The van der Waals surface area contributed by atoms with Crippen LogP contribution in [0, 0.1) is 0 Å². The Morgan fingerprint density at radius 3 is 2.21 bits per heavy atom. The van der Waals surface area contributed by atoms with E-state index in [0.717, 1.165) is 22.5 Å². The van der Waals surface area contributed by atoms with E-state index < -0.39 is 5.97 Å². The van der Waals surface area contributed by atoms with Gasteiger partial charge in [-0.2, -0.15) is 0 Å². The van der Waals surface area contributed by atoms with Crippen molar-refractivity contribution in [1.29, 1.82) is 0 Å². The summed E-state index contributed by atoms with van der Waals surface area (Å²) in [6.45, 7) is 1.81. The van der Waals surface area contributed by atoms with Crippen molar-refractivity contribution in [2.45, 2.75) is 19.4 Å². The SMILES string of the molecule is C[C@H](NC(=O)c1c(Cl)sc(Cl)c1Cc1ccc(Cl)cc1)c1ccc(C(=O)O)cc1. The molecule has 0 radical (unpaired) electrons. The van der Waals surface area contributed by atoms with Gasteiger partial charge in [0.05, 0.1) is 21.5 Å². The van der Waals surface area contributed by atoms with Crippen LogP contribution < -0.4 is 5.32 Å². The van der Waals surface area contributed by atoms with E-state index in [-0.39, 0.29) is 17.5 Å². The maximum absolute atomic E-state index is 12.9. The Labute approximate surface area is 187 Å². The first-order chi connectivity index (χ1) is 13.8. The molecular formula is C21H16Cl3NO3S. The first-order valence-electron chi connectivity index (χ1n) is 8.61. The van der Waals surface area contributed by atoms with Crippen LogP contribution in [0.2, 0.25) is 13.7 Å². The molecule has 0 fully saturated rings. The van der Waals surface area contributed by atoms with Gasteiger partial charge in [-0.25, -0.2) is 4.79 Å². The van der Waals surface area contributed by atoms with Gasteiger partial charge in [-0.1, -0.05) is 59.1 Å². The van der Waals surface area contributed by atoms with Crippen LogP contribution in [0.3, 0.4) is 0 Å². The molecule has 1 amide bonds. The molecule has 0 aliphatic rings. The van der Waals surface area contributed by atoms with Gasteiger partial charge in [0.15, 0.2) is 0 Å². The summed E-state index contributed by atoms with van der Waals surface area (Å²) >= 11 is 19.7. The molecule has 0 saturated heterocycles. The highest BCUT2D eigenvalue weighted by molar-refractivity contribution is 7.20. The summed E-state index contributed by atoms with van der Waals surface area (Å²) < 4.78 is 0.790. The molecule has 1 atom stereocenters. The maximum Gasteiger partial charge on any atom is 0.335 e. The minimum Gasteiger partial charge on any atom is -0.478 e. The number of nitrogens with one attached hydrogen (secondary N) is 1. The van der Waals surface area contributed by atoms with Gasteiger partial charge in [0.25, 0.3) is 5.91 Å². The van der Waals surface area contributed by atoms with Crippen LogP contribution >= 0.6 is 46.1 Å². The third-order valence-electron chi connectivity index (χ3n) is 4.44. The van der Waals surface area contributed by atoms with Gasteiger partial charge in [-0.3, -0.25) is 4.79 Å². The molecule has 0 bridgehead atoms. The summed E-state index contributed by atoms with van der Waals surface area (Å²) in [7, 11) is 0. The summed E-state index contributed by atoms with van der Waals surface area (Å²) in [5.74, 6) is -1.34. The largest absolute Gasteiger partial charge is 0.478 e. The molecule has 3 aromatic rings. The highest BCUT2D eigenvalue weighted by Crippen LogP contribution is 2.38. The second kappa shape index (κ2) is 9.18. The van der Waals surface area contributed by atoms with Crippen molar-refractivity contribution in [3.05, 3.63) is 90.0 Å². The fourth-order valence-electron chi connectivity index (χ4n) is 2.87. The lowest BCUT2D eigenvalue weighted by molar-refractivity contribution is 0.0696. The zero-order valence-corrected chi connectivity index (χ0v) is 18.3. The predicted molar refractivity (Wildman–Crippen MR) is 118 cm³/mol. The van der Waals surface area contributed by atoms with Crippen LogP contribution in [0.5, 0.6) is 0 Å². The fourth-order valence-corrected chi connectivity index (χ4v) is 4.71. The number of amides is 1. The number of carboxylic acids is 1. The van der Waals surface area contributed by atoms with Crippen LogP contribution in [0.15, 0.2) is 48.5 Å². The van der Waals surface area contributed by atoms with E-state index in [2.05, 4.69) is 5.32 Å². The predicted octanol–water partition coefficient (Wildman–Crippen LogP) is 6.49. The third kappa shape index (κ3) is 5.11. The Morgan fingerprint density at radius 2 is 1.62 bits per heavy atom. The molecule has 0 spiro atoms. The molecule has 29 heavy (non-hydrogen) atoms. The normalized spacial score (nSPS) is 11.9. The lowest BCUT2D eigenvalue weighted by Gasteiger charge is -2.15. The van der Waals surface area contributed by atoms with Crippen molar-refractivity contribution >= 4 is 58.0 Å². The number of carbonyl (C=O) groups excluding carboxylic acids is 1. The number of carbonyl (C=O) groups is 2. The highest BCUT2D eigenvalue weighted by atomic mass is 35.5. The minimum absolute atomic E-state index is 0.185. The fraction of sp³-hybridized carbons (Fsp3) is 0.143. The van der Waals surface area contributed by atoms with Crippen LogP contribution in [0.25, 0.3) is 0 Å². The molecule has 8 heteroatoms. The van der Waals surface area contributed by atoms with E-state index in [0.29, 0.717) is 31.2 Å². The highest BCUT2D eigenvalue weighted by Gasteiger charge is 2.23. The van der Waals surface area contributed by atoms with Crippen molar-refractivity contribution in [2.24, 2.45) is 0 Å². The number of rotatable bonds is 6. The summed E-state index contributed by atoms with van der Waals surface area (Å²) in [5.41, 5.74) is 2.93. The summed E-state index contributed by atoms with van der Waals surface area (Å²) in [5, 5.41) is 12.5. The third-order valence-corrected chi connectivity index (χ3v) is 6.38. The van der Waals surface area contributed by atoms with E-state index in [1.165, 1.54) is 12.1 Å². The van der Waals surface area contributed by atoms with Gasteiger partial charge in [0, 0.05) is 17.0 Å². The molecule has 4 nitrogen and oxygen atoms in total. The Bertz CT molecular complexity index is 1050. The second-order valence-electron chi connectivity index (χ2n) is 6.43. The first-order valence-corrected chi connectivity index (χ1v) is 10.6. The molecule has 0 aliphatic heterocycles. The molecule has 0 saturated carbocycles. The van der Waals surface area contributed by atoms with Crippen LogP contribution in [0.4, 0.5) is 0 Å². The number of benzene rings is 2. The average molecular weight is 469 g/mol. The topological polar surface area (TPSA) is 66.4 Å². The molecule has 2 N–H and O–H groups in total. The van der Waals surface area contributed by atoms with Crippen molar-refractivity contribution in [2.75, 3.05) is 0 Å². The lowest BCUT2D eigenvalue weighted by atomic mass is 10.0. The molecule has 3 rings (SSSR count). The molecule has 0 aliphatic carbocycles. The maximum atomic E-state index is 12.9. The number of halogens is 3. The van der Waals surface area contributed by atoms with Gasteiger partial charge in [-0.05, 0) is 42.3 Å². The molecule has 0 unspecified atom stereocenters. The molecule has 1 heterocycles. The van der Waals surface area contributed by atoms with E-state index in [1.54, 1.807) is 24.3 Å². The van der Waals surface area contributed by atoms with Gasteiger partial charge < -0.3 is 10.4 Å². The molecule has 150 valence electrons. The molecular weight excluding hydrogens is 453 g/mol. The van der Waals surface area contributed by atoms with Gasteiger partial charge >= 0.3 is 5.97 Å². The van der Waals surface area contributed by atoms with E-state index in [4.69, 9.17) is 39.9 Å². The Balaban J connectivity index is 1.81. The first kappa shape index (κ1) is 21.7. The summed E-state index contributed by atoms with van der Waals surface area (Å²) in [6.07, 6.45) is 0.448. The summed E-state index contributed by atoms with van der Waals surface area (Å²) in [4.78, 5) is 23.9. The van der Waals surface area contributed by atoms with Crippen molar-refractivity contribution in [3.63, 3.8) is 0 Å². The molecule has 1 aromatic heterocycles. The van der Waals surface area contributed by atoms with Crippen molar-refractivity contribution in [3.8, 4) is 0 Å².